The summed E-state index contributed by atoms with van der Waals surface area (Å²) in [5, 5.41) is 10.0. The molecule has 1 atom stereocenters. The van der Waals surface area contributed by atoms with Gasteiger partial charge in [0.25, 0.3) is 0 Å². The van der Waals surface area contributed by atoms with Gasteiger partial charge in [0.05, 0.1) is 11.6 Å². The monoisotopic (exact) mass is 359 g/mol. The molecule has 140 valence electrons. The zero-order valence-electron chi connectivity index (χ0n) is 15.9. The number of hydrogen-bond acceptors (Lipinski definition) is 3. The number of carboxylic acids is 1. The van der Waals surface area contributed by atoms with Crippen molar-refractivity contribution in [1.82, 2.24) is 4.90 Å². The SMILES string of the molecule is CC(C)C1=C(CC=O)C(c2ccc(F)cc2)=C(C(=O)O)C(C(C)C)N1C. The van der Waals surface area contributed by atoms with E-state index in [2.05, 4.69) is 0 Å². The maximum Gasteiger partial charge on any atom is 0.334 e. The summed E-state index contributed by atoms with van der Waals surface area (Å²) in [5.41, 5.74) is 3.09. The molecule has 0 aliphatic carbocycles. The van der Waals surface area contributed by atoms with E-state index < -0.39 is 5.97 Å². The molecule has 2 rings (SSSR count). The molecule has 4 nitrogen and oxygen atoms in total. The molecule has 5 heteroatoms. The predicted molar refractivity (Wildman–Crippen MR) is 99.9 cm³/mol. The number of carbonyl (C=O) groups is 2. The molecule has 1 N–H and O–H groups in total. The minimum Gasteiger partial charge on any atom is -0.478 e. The van der Waals surface area contributed by atoms with Gasteiger partial charge in [0.15, 0.2) is 0 Å². The van der Waals surface area contributed by atoms with E-state index in [0.29, 0.717) is 16.7 Å². The highest BCUT2D eigenvalue weighted by Crippen LogP contribution is 2.43. The van der Waals surface area contributed by atoms with Gasteiger partial charge >= 0.3 is 5.97 Å². The standard InChI is InChI=1S/C21H26FNO3/c1-12(2)19-16(10-11-24)17(14-6-8-15(22)9-7-14)18(21(25)26)20(13(3)4)23(19)5/h6-9,11-13,20H,10H2,1-5H3,(H,25,26). The third kappa shape index (κ3) is 3.57. The van der Waals surface area contributed by atoms with Crippen molar-refractivity contribution in [2.75, 3.05) is 7.05 Å². The van der Waals surface area contributed by atoms with Crippen LogP contribution in [-0.4, -0.2) is 35.4 Å². The molecule has 0 bridgehead atoms. The summed E-state index contributed by atoms with van der Waals surface area (Å²) in [4.78, 5) is 25.6. The number of benzene rings is 1. The first kappa shape index (κ1) is 19.9. The molecule has 0 amide bonds. The van der Waals surface area contributed by atoms with Crippen LogP contribution in [0.25, 0.3) is 5.57 Å². The fourth-order valence-corrected chi connectivity index (χ4v) is 4.00. The van der Waals surface area contributed by atoms with Gasteiger partial charge in [-0.3, -0.25) is 0 Å². The van der Waals surface area contributed by atoms with E-state index in [0.717, 1.165) is 12.0 Å². The van der Waals surface area contributed by atoms with Crippen molar-refractivity contribution in [3.05, 3.63) is 52.5 Å². The van der Waals surface area contributed by atoms with E-state index >= 15 is 0 Å². The highest BCUT2D eigenvalue weighted by atomic mass is 19.1. The Balaban J connectivity index is 2.91. The molecule has 1 aromatic rings. The topological polar surface area (TPSA) is 57.6 Å². The molecular formula is C21H26FNO3. The van der Waals surface area contributed by atoms with Gasteiger partial charge in [-0.05, 0) is 40.7 Å². The predicted octanol–water partition coefficient (Wildman–Crippen LogP) is 4.13. The summed E-state index contributed by atoms with van der Waals surface area (Å²) < 4.78 is 13.4. The molecular weight excluding hydrogens is 333 g/mol. The first-order valence-electron chi connectivity index (χ1n) is 8.83. The Kier molecular flexibility index (Phi) is 6.01. The Labute approximate surface area is 154 Å². The molecule has 1 aromatic carbocycles. The molecule has 0 radical (unpaired) electrons. The molecule has 1 unspecified atom stereocenters. The first-order valence-corrected chi connectivity index (χ1v) is 8.83. The van der Waals surface area contributed by atoms with Crippen molar-refractivity contribution >= 4 is 17.8 Å². The second-order valence-electron chi connectivity index (χ2n) is 7.29. The number of carbonyl (C=O) groups excluding carboxylic acids is 1. The van der Waals surface area contributed by atoms with Gasteiger partial charge in [-0.2, -0.15) is 0 Å². The Morgan fingerprint density at radius 3 is 2.23 bits per heavy atom. The molecule has 0 spiro atoms. The largest absolute Gasteiger partial charge is 0.478 e. The van der Waals surface area contributed by atoms with Crippen molar-refractivity contribution in [1.29, 1.82) is 0 Å². The molecule has 0 saturated carbocycles. The average Bonchev–Trinajstić information content (AvgIpc) is 2.54. The van der Waals surface area contributed by atoms with E-state index in [4.69, 9.17) is 0 Å². The molecule has 1 aliphatic rings. The number of halogens is 1. The number of rotatable bonds is 6. The first-order chi connectivity index (χ1) is 12.2. The zero-order valence-corrected chi connectivity index (χ0v) is 15.9. The Morgan fingerprint density at radius 1 is 1.23 bits per heavy atom. The molecule has 26 heavy (non-hydrogen) atoms. The van der Waals surface area contributed by atoms with Gasteiger partial charge in [0, 0.05) is 19.2 Å². The highest BCUT2D eigenvalue weighted by Gasteiger charge is 2.38. The van der Waals surface area contributed by atoms with Crippen LogP contribution in [0.4, 0.5) is 4.39 Å². The highest BCUT2D eigenvalue weighted by molar-refractivity contribution is 6.03. The van der Waals surface area contributed by atoms with Crippen LogP contribution in [-0.2, 0) is 9.59 Å². The van der Waals surface area contributed by atoms with Crippen molar-refractivity contribution < 1.29 is 19.1 Å². The summed E-state index contributed by atoms with van der Waals surface area (Å²) >= 11 is 0. The molecule has 1 heterocycles. The van der Waals surface area contributed by atoms with Crippen LogP contribution in [0.3, 0.4) is 0 Å². The van der Waals surface area contributed by atoms with Gasteiger partial charge < -0.3 is 14.8 Å². The number of aliphatic carboxylic acids is 1. The number of allylic oxidation sites excluding steroid dienone is 3. The van der Waals surface area contributed by atoms with Crippen LogP contribution in [0.2, 0.25) is 0 Å². The van der Waals surface area contributed by atoms with E-state index in [1.807, 2.05) is 39.6 Å². The van der Waals surface area contributed by atoms with E-state index in [1.54, 1.807) is 12.1 Å². The second kappa shape index (κ2) is 7.85. The normalized spacial score (nSPS) is 18.2. The van der Waals surface area contributed by atoms with Gasteiger partial charge in [-0.15, -0.1) is 0 Å². The Morgan fingerprint density at radius 2 is 1.81 bits per heavy atom. The van der Waals surface area contributed by atoms with Crippen molar-refractivity contribution in [2.24, 2.45) is 11.8 Å². The third-order valence-electron chi connectivity index (χ3n) is 4.80. The molecule has 0 fully saturated rings. The lowest BCUT2D eigenvalue weighted by Crippen LogP contribution is -2.44. The lowest BCUT2D eigenvalue weighted by Gasteiger charge is -2.43. The maximum absolute atomic E-state index is 13.4. The number of likely N-dealkylation sites (N-methyl/N-ethyl adjacent to an activating group) is 1. The number of hydrogen-bond donors (Lipinski definition) is 1. The van der Waals surface area contributed by atoms with Crippen LogP contribution in [0.1, 0.15) is 39.7 Å². The summed E-state index contributed by atoms with van der Waals surface area (Å²) in [5.74, 6) is -1.24. The van der Waals surface area contributed by atoms with Crippen molar-refractivity contribution in [2.45, 2.75) is 40.2 Å². The smallest absolute Gasteiger partial charge is 0.334 e. The third-order valence-corrected chi connectivity index (χ3v) is 4.80. The van der Waals surface area contributed by atoms with Crippen LogP contribution in [0.5, 0.6) is 0 Å². The van der Waals surface area contributed by atoms with Gasteiger partial charge in [-0.25, -0.2) is 9.18 Å². The number of carboxylic acid groups (broad SMARTS) is 1. The maximum atomic E-state index is 13.4. The summed E-state index contributed by atoms with van der Waals surface area (Å²) in [7, 11) is 1.88. The van der Waals surface area contributed by atoms with Crippen LogP contribution < -0.4 is 0 Å². The fraction of sp³-hybridized carbons (Fsp3) is 0.429. The minimum absolute atomic E-state index is 0.0491. The van der Waals surface area contributed by atoms with E-state index in [-0.39, 0.29) is 35.7 Å². The minimum atomic E-state index is -1.01. The van der Waals surface area contributed by atoms with Crippen LogP contribution >= 0.6 is 0 Å². The number of nitrogens with zero attached hydrogens (tertiary/aromatic N) is 1. The summed E-state index contributed by atoms with van der Waals surface area (Å²) in [6.45, 7) is 8.02. The van der Waals surface area contributed by atoms with Gasteiger partial charge in [-0.1, -0.05) is 39.8 Å². The number of aldehydes is 1. The van der Waals surface area contributed by atoms with Crippen LogP contribution in [0, 0.1) is 17.7 Å². The lowest BCUT2D eigenvalue weighted by molar-refractivity contribution is -0.133. The Hall–Kier alpha value is -2.43. The quantitative estimate of drug-likeness (QED) is 0.776. The molecule has 0 saturated heterocycles. The van der Waals surface area contributed by atoms with Crippen molar-refractivity contribution in [3.8, 4) is 0 Å². The second-order valence-corrected chi connectivity index (χ2v) is 7.29. The van der Waals surface area contributed by atoms with Gasteiger partial charge in [0.2, 0.25) is 0 Å². The zero-order chi connectivity index (χ0) is 19.6. The lowest BCUT2D eigenvalue weighted by atomic mass is 9.78. The van der Waals surface area contributed by atoms with E-state index in [1.165, 1.54) is 12.1 Å². The summed E-state index contributed by atoms with van der Waals surface area (Å²) in [6.07, 6.45) is 0.913. The molecule has 0 aromatic heterocycles. The summed E-state index contributed by atoms with van der Waals surface area (Å²) in [6, 6.07) is 5.47. The Bertz CT molecular complexity index is 760. The van der Waals surface area contributed by atoms with Gasteiger partial charge in [0.1, 0.15) is 12.1 Å². The van der Waals surface area contributed by atoms with Crippen LogP contribution in [0.15, 0.2) is 41.1 Å². The molecule has 1 aliphatic heterocycles. The van der Waals surface area contributed by atoms with E-state index in [9.17, 15) is 19.1 Å². The average molecular weight is 359 g/mol. The fourth-order valence-electron chi connectivity index (χ4n) is 4.00. The van der Waals surface area contributed by atoms with Crippen molar-refractivity contribution in [3.63, 3.8) is 0 Å².